The second-order valence-corrected chi connectivity index (χ2v) is 5.74. The summed E-state index contributed by atoms with van der Waals surface area (Å²) in [6.07, 6.45) is 0. The molecule has 0 unspecified atom stereocenters. The van der Waals surface area contributed by atoms with Gasteiger partial charge in [-0.05, 0) is 24.4 Å². The zero-order valence-corrected chi connectivity index (χ0v) is 12.2. The lowest BCUT2D eigenvalue weighted by molar-refractivity contribution is 0.0952. The number of hydrogen-bond acceptors (Lipinski definition) is 3. The Balaban J connectivity index is 1.86. The molecule has 106 valence electrons. The Labute approximate surface area is 125 Å². The van der Waals surface area contributed by atoms with E-state index in [9.17, 15) is 9.18 Å². The highest BCUT2D eigenvalue weighted by Crippen LogP contribution is 2.21. The van der Waals surface area contributed by atoms with Crippen molar-refractivity contribution in [2.45, 2.75) is 13.5 Å². The molecule has 2 aromatic carbocycles. The minimum Gasteiger partial charge on any atom is -0.346 e. The zero-order valence-electron chi connectivity index (χ0n) is 11.4. The summed E-state index contributed by atoms with van der Waals surface area (Å²) >= 11 is 1.54. The van der Waals surface area contributed by atoms with Crippen LogP contribution in [0.2, 0.25) is 0 Å². The van der Waals surface area contributed by atoms with Gasteiger partial charge in [-0.3, -0.25) is 4.79 Å². The van der Waals surface area contributed by atoms with Crippen molar-refractivity contribution in [3.05, 3.63) is 63.9 Å². The molecule has 1 aromatic heterocycles. The molecule has 0 saturated heterocycles. The summed E-state index contributed by atoms with van der Waals surface area (Å²) in [6, 6.07) is 9.81. The van der Waals surface area contributed by atoms with Gasteiger partial charge in [-0.15, -0.1) is 11.3 Å². The first-order valence-corrected chi connectivity index (χ1v) is 7.39. The van der Waals surface area contributed by atoms with Gasteiger partial charge in [0.2, 0.25) is 0 Å². The summed E-state index contributed by atoms with van der Waals surface area (Å²) in [4.78, 5) is 16.6. The lowest BCUT2D eigenvalue weighted by atomic mass is 10.0. The number of aromatic nitrogens is 1. The number of aryl methyl sites for hydroxylation is 1. The fourth-order valence-corrected chi connectivity index (χ4v) is 2.83. The smallest absolute Gasteiger partial charge is 0.252 e. The van der Waals surface area contributed by atoms with Crippen LogP contribution in [0.5, 0.6) is 0 Å². The molecule has 0 spiro atoms. The lowest BCUT2D eigenvalue weighted by Crippen LogP contribution is -2.23. The van der Waals surface area contributed by atoms with Crippen LogP contribution in [0.4, 0.5) is 4.39 Å². The maximum atomic E-state index is 13.7. The van der Waals surface area contributed by atoms with E-state index in [1.165, 1.54) is 12.1 Å². The summed E-state index contributed by atoms with van der Waals surface area (Å²) < 4.78 is 13.7. The number of carbonyl (C=O) groups is 1. The molecule has 0 aliphatic rings. The van der Waals surface area contributed by atoms with Crippen LogP contribution in [-0.4, -0.2) is 10.9 Å². The van der Waals surface area contributed by atoms with Crippen molar-refractivity contribution < 1.29 is 9.18 Å². The van der Waals surface area contributed by atoms with Gasteiger partial charge in [0.05, 0.1) is 17.2 Å². The van der Waals surface area contributed by atoms with Gasteiger partial charge in [-0.25, -0.2) is 9.37 Å². The Kier molecular flexibility index (Phi) is 3.66. The highest BCUT2D eigenvalue weighted by atomic mass is 32.1. The van der Waals surface area contributed by atoms with Crippen molar-refractivity contribution in [2.24, 2.45) is 0 Å². The van der Waals surface area contributed by atoms with E-state index in [0.29, 0.717) is 22.9 Å². The third-order valence-corrected chi connectivity index (χ3v) is 4.03. The molecule has 0 fully saturated rings. The highest BCUT2D eigenvalue weighted by Gasteiger charge is 2.12. The molecule has 0 bridgehead atoms. The van der Waals surface area contributed by atoms with Crippen LogP contribution < -0.4 is 5.32 Å². The number of hydrogen-bond donors (Lipinski definition) is 1. The van der Waals surface area contributed by atoms with Crippen molar-refractivity contribution in [1.29, 1.82) is 0 Å². The first kappa shape index (κ1) is 13.7. The van der Waals surface area contributed by atoms with Crippen LogP contribution in [0.15, 0.2) is 41.8 Å². The van der Waals surface area contributed by atoms with E-state index < -0.39 is 0 Å². The maximum Gasteiger partial charge on any atom is 0.252 e. The first-order chi connectivity index (χ1) is 10.1. The third-order valence-electron chi connectivity index (χ3n) is 3.21. The number of nitrogens with one attached hydrogen (secondary N) is 1. The van der Waals surface area contributed by atoms with Crippen LogP contribution in [0.1, 0.15) is 21.1 Å². The Morgan fingerprint density at radius 1 is 1.24 bits per heavy atom. The van der Waals surface area contributed by atoms with Gasteiger partial charge in [-0.1, -0.05) is 24.3 Å². The van der Waals surface area contributed by atoms with Crippen LogP contribution in [0.25, 0.3) is 10.8 Å². The second-order valence-electron chi connectivity index (χ2n) is 4.68. The molecule has 1 heterocycles. The molecule has 0 aliphatic heterocycles. The largest absolute Gasteiger partial charge is 0.346 e. The monoisotopic (exact) mass is 300 g/mol. The van der Waals surface area contributed by atoms with Gasteiger partial charge in [-0.2, -0.15) is 0 Å². The molecule has 1 N–H and O–H groups in total. The molecule has 3 aromatic rings. The summed E-state index contributed by atoms with van der Waals surface area (Å²) in [7, 11) is 0. The molecular formula is C16H13FN2OS. The van der Waals surface area contributed by atoms with Crippen molar-refractivity contribution in [3.63, 3.8) is 0 Å². The number of thiazole rings is 1. The van der Waals surface area contributed by atoms with Crippen molar-refractivity contribution >= 4 is 28.0 Å². The molecule has 0 radical (unpaired) electrons. The third kappa shape index (κ3) is 2.78. The minimum absolute atomic E-state index is 0.225. The Bertz CT molecular complexity index is 813. The summed E-state index contributed by atoms with van der Waals surface area (Å²) in [6.45, 7) is 2.29. The van der Waals surface area contributed by atoms with Crippen LogP contribution in [0, 0.1) is 12.7 Å². The molecular weight excluding hydrogens is 287 g/mol. The van der Waals surface area contributed by atoms with Crippen LogP contribution in [0.3, 0.4) is 0 Å². The van der Waals surface area contributed by atoms with E-state index in [2.05, 4.69) is 10.3 Å². The summed E-state index contributed by atoms with van der Waals surface area (Å²) in [5, 5.41) is 6.77. The van der Waals surface area contributed by atoms with Gasteiger partial charge >= 0.3 is 0 Å². The average Bonchev–Trinajstić information content (AvgIpc) is 2.91. The topological polar surface area (TPSA) is 42.0 Å². The number of benzene rings is 2. The minimum atomic E-state index is -0.322. The Hall–Kier alpha value is -2.27. The van der Waals surface area contributed by atoms with Gasteiger partial charge in [0.25, 0.3) is 5.91 Å². The van der Waals surface area contributed by atoms with E-state index >= 15 is 0 Å². The predicted octanol–water partition coefficient (Wildman–Crippen LogP) is 3.67. The predicted molar refractivity (Wildman–Crippen MR) is 81.9 cm³/mol. The molecule has 0 aliphatic carbocycles. The SMILES string of the molecule is Cc1nc(CNC(=O)c2ccc(F)c3ccccc23)cs1. The molecule has 3 nitrogen and oxygen atoms in total. The molecule has 0 saturated carbocycles. The van der Waals surface area contributed by atoms with Crippen molar-refractivity contribution in [2.75, 3.05) is 0 Å². The number of amides is 1. The number of rotatable bonds is 3. The van der Waals surface area contributed by atoms with Crippen molar-refractivity contribution in [1.82, 2.24) is 10.3 Å². The van der Waals surface area contributed by atoms with Crippen molar-refractivity contribution in [3.8, 4) is 0 Å². The lowest BCUT2D eigenvalue weighted by Gasteiger charge is -2.08. The quantitative estimate of drug-likeness (QED) is 0.802. The number of carbonyl (C=O) groups excluding carboxylic acids is 1. The maximum absolute atomic E-state index is 13.7. The molecule has 0 atom stereocenters. The second kappa shape index (κ2) is 5.61. The van der Waals surface area contributed by atoms with Gasteiger partial charge in [0.1, 0.15) is 5.82 Å². The molecule has 1 amide bonds. The van der Waals surface area contributed by atoms with Crippen LogP contribution in [-0.2, 0) is 6.54 Å². The highest BCUT2D eigenvalue weighted by molar-refractivity contribution is 7.09. The standard InChI is InChI=1S/C16H13FN2OS/c1-10-19-11(9-21-10)8-18-16(20)14-6-7-15(17)13-5-3-2-4-12(13)14/h2-7,9H,8H2,1H3,(H,18,20). The van der Waals surface area contributed by atoms with E-state index in [1.807, 2.05) is 12.3 Å². The van der Waals surface area contributed by atoms with Gasteiger partial charge in [0.15, 0.2) is 0 Å². The fraction of sp³-hybridized carbons (Fsp3) is 0.125. The van der Waals surface area contributed by atoms with Crippen LogP contribution >= 0.6 is 11.3 Å². The zero-order chi connectivity index (χ0) is 14.8. The van der Waals surface area contributed by atoms with E-state index in [-0.39, 0.29) is 11.7 Å². The Morgan fingerprint density at radius 3 is 2.71 bits per heavy atom. The Morgan fingerprint density at radius 2 is 2.00 bits per heavy atom. The number of halogens is 1. The van der Waals surface area contributed by atoms with E-state index in [0.717, 1.165) is 10.7 Å². The normalized spacial score (nSPS) is 10.8. The molecule has 21 heavy (non-hydrogen) atoms. The van der Waals surface area contributed by atoms with Gasteiger partial charge in [0, 0.05) is 16.3 Å². The number of fused-ring (bicyclic) bond motifs is 1. The van der Waals surface area contributed by atoms with Gasteiger partial charge < -0.3 is 5.32 Å². The van der Waals surface area contributed by atoms with E-state index in [1.54, 1.807) is 35.6 Å². The first-order valence-electron chi connectivity index (χ1n) is 6.51. The van der Waals surface area contributed by atoms with E-state index in [4.69, 9.17) is 0 Å². The average molecular weight is 300 g/mol. The fourth-order valence-electron chi connectivity index (χ4n) is 2.22. The molecule has 5 heteroatoms. The molecule has 3 rings (SSSR count). The summed E-state index contributed by atoms with van der Waals surface area (Å²) in [5.41, 5.74) is 1.30. The number of nitrogens with zero attached hydrogens (tertiary/aromatic N) is 1. The summed E-state index contributed by atoms with van der Waals surface area (Å²) in [5.74, 6) is -0.547.